The molecule has 140 valence electrons. The van der Waals surface area contributed by atoms with Crippen molar-refractivity contribution in [3.05, 3.63) is 24.3 Å². The van der Waals surface area contributed by atoms with Gasteiger partial charge in [0.1, 0.15) is 18.8 Å². The first-order valence-electron chi connectivity index (χ1n) is 7.71. The zero-order valence-corrected chi connectivity index (χ0v) is 15.4. The number of unbranched alkanes of at least 4 members (excludes halogenated alkanes) is 1. The molecule has 0 bridgehead atoms. The number of hydrogen-bond donors (Lipinski definition) is 0. The summed E-state index contributed by atoms with van der Waals surface area (Å²) in [6.45, 7) is 1.39. The zero-order chi connectivity index (χ0) is 18.9. The Morgan fingerprint density at radius 1 is 1.00 bits per heavy atom. The van der Waals surface area contributed by atoms with Crippen LogP contribution in [0.2, 0.25) is 0 Å². The van der Waals surface area contributed by atoms with Crippen molar-refractivity contribution < 1.29 is 32.2 Å². The second-order valence-corrected chi connectivity index (χ2v) is 7.04. The average molecular weight is 373 g/mol. The Bertz CT molecular complexity index is 652. The normalized spacial score (nSPS) is 11.2. The maximum Gasteiger partial charge on any atom is 0.321 e. The fraction of sp³-hybridized carbons (Fsp3) is 0.500. The third-order valence-electron chi connectivity index (χ3n) is 3.29. The van der Waals surface area contributed by atoms with Crippen LogP contribution in [-0.4, -0.2) is 58.6 Å². The quantitative estimate of drug-likeness (QED) is 0.449. The Balaban J connectivity index is 2.99. The second kappa shape index (κ2) is 10.00. The van der Waals surface area contributed by atoms with Crippen molar-refractivity contribution in [2.24, 2.45) is 0 Å². The molecular weight excluding hydrogens is 350 g/mol. The van der Waals surface area contributed by atoms with E-state index in [1.807, 2.05) is 6.92 Å². The van der Waals surface area contributed by atoms with Gasteiger partial charge in [0, 0.05) is 0 Å². The first-order chi connectivity index (χ1) is 11.8. The Labute approximate surface area is 147 Å². The van der Waals surface area contributed by atoms with Gasteiger partial charge in [0.25, 0.3) is 0 Å². The van der Waals surface area contributed by atoms with Gasteiger partial charge < -0.3 is 14.2 Å². The van der Waals surface area contributed by atoms with Gasteiger partial charge in [-0.3, -0.25) is 9.59 Å². The summed E-state index contributed by atoms with van der Waals surface area (Å²) < 4.78 is 40.5. The van der Waals surface area contributed by atoms with Crippen LogP contribution in [0.5, 0.6) is 5.75 Å². The number of sulfonamides is 1. The molecule has 0 aliphatic carbocycles. The van der Waals surface area contributed by atoms with Gasteiger partial charge in [-0.15, -0.1) is 0 Å². The summed E-state index contributed by atoms with van der Waals surface area (Å²) >= 11 is 0. The highest BCUT2D eigenvalue weighted by atomic mass is 32.2. The first-order valence-corrected chi connectivity index (χ1v) is 9.15. The van der Waals surface area contributed by atoms with E-state index in [1.54, 1.807) is 0 Å². The highest BCUT2D eigenvalue weighted by Gasteiger charge is 2.29. The van der Waals surface area contributed by atoms with Gasteiger partial charge in [-0.1, -0.05) is 13.3 Å². The third kappa shape index (κ3) is 6.35. The fourth-order valence-corrected chi connectivity index (χ4v) is 3.16. The number of nitrogens with zero attached hydrogens (tertiary/aromatic N) is 1. The smallest absolute Gasteiger partial charge is 0.321 e. The first kappa shape index (κ1) is 20.9. The maximum absolute atomic E-state index is 12.7. The number of rotatable bonds is 10. The Morgan fingerprint density at radius 2 is 1.52 bits per heavy atom. The van der Waals surface area contributed by atoms with Crippen LogP contribution in [0.3, 0.4) is 0 Å². The molecule has 1 aromatic carbocycles. The van der Waals surface area contributed by atoms with Crippen molar-refractivity contribution in [2.75, 3.05) is 33.9 Å². The standard InChI is InChI=1S/C16H23NO7S/c1-4-5-10-24-13-6-8-14(9-7-13)25(20,21)17(11-15(18)22-2)12-16(19)23-3/h6-9H,4-5,10-12H2,1-3H3. The molecule has 0 atom stereocenters. The van der Waals surface area contributed by atoms with Crippen LogP contribution in [0.25, 0.3) is 0 Å². The number of ether oxygens (including phenoxy) is 3. The molecule has 1 aromatic rings. The average Bonchev–Trinajstić information content (AvgIpc) is 2.61. The van der Waals surface area contributed by atoms with E-state index in [0.29, 0.717) is 16.7 Å². The maximum atomic E-state index is 12.7. The van der Waals surface area contributed by atoms with Crippen LogP contribution in [-0.2, 0) is 29.1 Å². The molecule has 0 radical (unpaired) electrons. The number of carbonyl (C=O) groups is 2. The van der Waals surface area contributed by atoms with Gasteiger partial charge in [0.2, 0.25) is 10.0 Å². The lowest BCUT2D eigenvalue weighted by Crippen LogP contribution is -2.40. The van der Waals surface area contributed by atoms with Crippen molar-refractivity contribution in [3.8, 4) is 5.75 Å². The van der Waals surface area contributed by atoms with Crippen molar-refractivity contribution in [1.82, 2.24) is 4.31 Å². The molecule has 0 aliphatic rings. The summed E-state index contributed by atoms with van der Waals surface area (Å²) in [5.41, 5.74) is 0. The SMILES string of the molecule is CCCCOc1ccc(S(=O)(=O)N(CC(=O)OC)CC(=O)OC)cc1. The summed E-state index contributed by atoms with van der Waals surface area (Å²) in [5, 5.41) is 0. The third-order valence-corrected chi connectivity index (χ3v) is 5.10. The Morgan fingerprint density at radius 3 is 1.96 bits per heavy atom. The highest BCUT2D eigenvalue weighted by molar-refractivity contribution is 7.89. The molecule has 9 heteroatoms. The van der Waals surface area contributed by atoms with Crippen LogP contribution < -0.4 is 4.74 Å². The van der Waals surface area contributed by atoms with Crippen molar-refractivity contribution in [1.29, 1.82) is 0 Å². The highest BCUT2D eigenvalue weighted by Crippen LogP contribution is 2.20. The molecule has 25 heavy (non-hydrogen) atoms. The van der Waals surface area contributed by atoms with E-state index in [1.165, 1.54) is 24.3 Å². The summed E-state index contributed by atoms with van der Waals surface area (Å²) in [7, 11) is -1.81. The number of methoxy groups -OCH3 is 2. The minimum atomic E-state index is -4.08. The van der Waals surface area contributed by atoms with Gasteiger partial charge in [0.15, 0.2) is 0 Å². The fourth-order valence-electron chi connectivity index (χ4n) is 1.83. The number of esters is 2. The Kier molecular flexibility index (Phi) is 8.36. The van der Waals surface area contributed by atoms with Crippen LogP contribution in [0.15, 0.2) is 29.2 Å². The van der Waals surface area contributed by atoms with Crippen LogP contribution >= 0.6 is 0 Å². The molecule has 0 unspecified atom stereocenters. The number of benzene rings is 1. The molecule has 0 heterocycles. The molecule has 0 aliphatic heterocycles. The lowest BCUT2D eigenvalue weighted by Gasteiger charge is -2.20. The Hall–Kier alpha value is -2.13. The molecule has 0 saturated carbocycles. The summed E-state index contributed by atoms with van der Waals surface area (Å²) in [4.78, 5) is 22.9. The van der Waals surface area contributed by atoms with E-state index < -0.39 is 35.1 Å². The van der Waals surface area contributed by atoms with Crippen molar-refractivity contribution >= 4 is 22.0 Å². The second-order valence-electron chi connectivity index (χ2n) is 5.10. The molecule has 1 rings (SSSR count). The molecular formula is C16H23NO7S. The lowest BCUT2D eigenvalue weighted by atomic mass is 10.3. The minimum Gasteiger partial charge on any atom is -0.494 e. The van der Waals surface area contributed by atoms with E-state index in [0.717, 1.165) is 27.1 Å². The van der Waals surface area contributed by atoms with Crippen LogP contribution in [0.1, 0.15) is 19.8 Å². The van der Waals surface area contributed by atoms with Gasteiger partial charge in [-0.25, -0.2) is 8.42 Å². The van der Waals surface area contributed by atoms with E-state index in [-0.39, 0.29) is 4.90 Å². The van der Waals surface area contributed by atoms with Crippen LogP contribution in [0, 0.1) is 0 Å². The minimum absolute atomic E-state index is 0.0665. The molecule has 0 amide bonds. The van der Waals surface area contributed by atoms with E-state index in [9.17, 15) is 18.0 Å². The van der Waals surface area contributed by atoms with Gasteiger partial charge in [0.05, 0.1) is 25.7 Å². The topological polar surface area (TPSA) is 99.2 Å². The van der Waals surface area contributed by atoms with Crippen molar-refractivity contribution in [3.63, 3.8) is 0 Å². The molecule has 0 N–H and O–H groups in total. The van der Waals surface area contributed by atoms with Crippen molar-refractivity contribution in [2.45, 2.75) is 24.7 Å². The van der Waals surface area contributed by atoms with Gasteiger partial charge >= 0.3 is 11.9 Å². The van der Waals surface area contributed by atoms with E-state index in [2.05, 4.69) is 9.47 Å². The predicted molar refractivity (Wildman–Crippen MR) is 89.6 cm³/mol. The predicted octanol–water partition coefficient (Wildman–Crippen LogP) is 1.20. The monoisotopic (exact) mass is 373 g/mol. The zero-order valence-electron chi connectivity index (χ0n) is 14.6. The van der Waals surface area contributed by atoms with Gasteiger partial charge in [-0.2, -0.15) is 4.31 Å². The lowest BCUT2D eigenvalue weighted by molar-refractivity contribution is -0.143. The molecule has 0 aromatic heterocycles. The molecule has 0 saturated heterocycles. The summed E-state index contributed by atoms with van der Waals surface area (Å²) in [6, 6.07) is 5.77. The van der Waals surface area contributed by atoms with E-state index in [4.69, 9.17) is 4.74 Å². The largest absolute Gasteiger partial charge is 0.494 e. The van der Waals surface area contributed by atoms with Gasteiger partial charge in [-0.05, 0) is 30.7 Å². The molecule has 8 nitrogen and oxygen atoms in total. The molecule has 0 fully saturated rings. The number of hydrogen-bond acceptors (Lipinski definition) is 7. The van der Waals surface area contributed by atoms with Crippen LogP contribution in [0.4, 0.5) is 0 Å². The number of carbonyl (C=O) groups excluding carboxylic acids is 2. The summed E-state index contributed by atoms with van der Waals surface area (Å²) in [5.74, 6) is -1.03. The van der Waals surface area contributed by atoms with E-state index >= 15 is 0 Å². The molecule has 0 spiro atoms. The summed E-state index contributed by atoms with van der Waals surface area (Å²) in [6.07, 6.45) is 1.88.